The quantitative estimate of drug-likeness (QED) is 0.600. The Bertz CT molecular complexity index is 406. The molecule has 3 heteroatoms. The summed E-state index contributed by atoms with van der Waals surface area (Å²) in [5, 5.41) is 3.74. The van der Waals surface area contributed by atoms with Crippen molar-refractivity contribution in [3.8, 4) is 0 Å². The maximum atomic E-state index is 3.74. The summed E-state index contributed by atoms with van der Waals surface area (Å²) in [6.07, 6.45) is 3.69. The van der Waals surface area contributed by atoms with Gasteiger partial charge in [0.05, 0.1) is 3.79 Å². The van der Waals surface area contributed by atoms with Crippen LogP contribution in [0.4, 0.5) is 0 Å². The van der Waals surface area contributed by atoms with Crippen molar-refractivity contribution < 1.29 is 0 Å². The Morgan fingerprint density at radius 2 is 2.00 bits per heavy atom. The molecule has 1 N–H and O–H groups in total. The van der Waals surface area contributed by atoms with Gasteiger partial charge in [0.1, 0.15) is 0 Å². The Hall–Kier alpha value is 0.140. The second-order valence-electron chi connectivity index (χ2n) is 7.17. The van der Waals surface area contributed by atoms with Crippen LogP contribution in [-0.2, 0) is 0 Å². The summed E-state index contributed by atoms with van der Waals surface area (Å²) in [6, 6.07) is 2.80. The van der Waals surface area contributed by atoms with Crippen LogP contribution in [0.25, 0.3) is 0 Å². The zero-order chi connectivity index (χ0) is 15.3. The third-order valence-corrected chi connectivity index (χ3v) is 5.11. The highest BCUT2D eigenvalue weighted by atomic mass is 79.9. The van der Waals surface area contributed by atoms with Gasteiger partial charge in [-0.3, -0.25) is 0 Å². The monoisotopic (exact) mass is 359 g/mol. The summed E-state index contributed by atoms with van der Waals surface area (Å²) >= 11 is 5.47. The third kappa shape index (κ3) is 6.28. The molecule has 0 saturated heterocycles. The minimum absolute atomic E-state index is 0.416. The summed E-state index contributed by atoms with van der Waals surface area (Å²) in [6.45, 7) is 15.0. The van der Waals surface area contributed by atoms with Crippen molar-refractivity contribution in [3.63, 3.8) is 0 Å². The first-order chi connectivity index (χ1) is 9.23. The molecule has 116 valence electrons. The maximum Gasteiger partial charge on any atom is 0.0704 e. The third-order valence-electron chi connectivity index (χ3n) is 3.54. The molecule has 1 aromatic heterocycles. The second kappa shape index (κ2) is 7.95. The molecule has 0 aliphatic heterocycles. The van der Waals surface area contributed by atoms with Crippen LogP contribution >= 0.6 is 27.3 Å². The van der Waals surface area contributed by atoms with Crippen molar-refractivity contribution in [1.82, 2.24) is 5.32 Å². The first kappa shape index (κ1) is 18.2. The van der Waals surface area contributed by atoms with E-state index in [9.17, 15) is 0 Å². The van der Waals surface area contributed by atoms with Gasteiger partial charge in [-0.15, -0.1) is 11.3 Å². The van der Waals surface area contributed by atoms with Crippen LogP contribution in [0.1, 0.15) is 70.4 Å². The van der Waals surface area contributed by atoms with Crippen molar-refractivity contribution in [2.75, 3.05) is 6.54 Å². The highest BCUT2D eigenvalue weighted by molar-refractivity contribution is 9.11. The fourth-order valence-corrected chi connectivity index (χ4v) is 4.75. The fourth-order valence-electron chi connectivity index (χ4n) is 2.97. The van der Waals surface area contributed by atoms with E-state index in [4.69, 9.17) is 0 Å². The summed E-state index contributed by atoms with van der Waals surface area (Å²) in [5.74, 6) is 0.738. The van der Waals surface area contributed by atoms with Crippen molar-refractivity contribution >= 4 is 27.3 Å². The normalized spacial score (nSPS) is 15.3. The number of rotatable bonds is 7. The minimum atomic E-state index is 0.416. The molecule has 0 bridgehead atoms. The maximum absolute atomic E-state index is 3.74. The lowest BCUT2D eigenvalue weighted by Gasteiger charge is -2.27. The largest absolute Gasteiger partial charge is 0.310 e. The van der Waals surface area contributed by atoms with Crippen LogP contribution in [-0.4, -0.2) is 6.54 Å². The summed E-state index contributed by atoms with van der Waals surface area (Å²) in [7, 11) is 0. The molecular formula is C17H30BrNS. The lowest BCUT2D eigenvalue weighted by Crippen LogP contribution is -2.25. The molecular weight excluding hydrogens is 330 g/mol. The van der Waals surface area contributed by atoms with E-state index in [1.807, 2.05) is 11.3 Å². The van der Waals surface area contributed by atoms with Crippen LogP contribution in [0, 0.1) is 18.3 Å². The van der Waals surface area contributed by atoms with E-state index < -0.39 is 0 Å². The van der Waals surface area contributed by atoms with Crippen LogP contribution in [0.3, 0.4) is 0 Å². The fraction of sp³-hybridized carbons (Fsp3) is 0.765. The smallest absolute Gasteiger partial charge is 0.0704 e. The van der Waals surface area contributed by atoms with Crippen molar-refractivity contribution in [2.45, 2.75) is 66.8 Å². The Morgan fingerprint density at radius 1 is 1.35 bits per heavy atom. The molecule has 0 spiro atoms. The van der Waals surface area contributed by atoms with Crippen LogP contribution in [0.5, 0.6) is 0 Å². The van der Waals surface area contributed by atoms with Gasteiger partial charge in [0.25, 0.3) is 0 Å². The van der Waals surface area contributed by atoms with Gasteiger partial charge in [-0.25, -0.2) is 0 Å². The number of hydrogen-bond donors (Lipinski definition) is 1. The zero-order valence-corrected chi connectivity index (χ0v) is 16.2. The van der Waals surface area contributed by atoms with Gasteiger partial charge >= 0.3 is 0 Å². The molecule has 2 unspecified atom stereocenters. The molecule has 1 heterocycles. The second-order valence-corrected chi connectivity index (χ2v) is 9.81. The average Bonchev–Trinajstić information content (AvgIpc) is 2.61. The summed E-state index contributed by atoms with van der Waals surface area (Å²) in [4.78, 5) is 1.44. The highest BCUT2D eigenvalue weighted by Gasteiger charge is 2.22. The van der Waals surface area contributed by atoms with Gasteiger partial charge in [0, 0.05) is 10.9 Å². The van der Waals surface area contributed by atoms with Crippen LogP contribution in [0.2, 0.25) is 0 Å². The first-order valence-electron chi connectivity index (χ1n) is 7.72. The minimum Gasteiger partial charge on any atom is -0.310 e. The van der Waals surface area contributed by atoms with Gasteiger partial charge in [-0.1, -0.05) is 34.6 Å². The topological polar surface area (TPSA) is 12.0 Å². The Labute approximate surface area is 137 Å². The molecule has 1 rings (SSSR count). The molecule has 0 saturated carbocycles. The number of halogens is 1. The predicted octanol–water partition coefficient (Wildman–Crippen LogP) is 6.32. The average molecular weight is 360 g/mol. The number of nitrogens with one attached hydrogen (secondary N) is 1. The molecule has 1 nitrogen and oxygen atoms in total. The van der Waals surface area contributed by atoms with E-state index in [2.05, 4.69) is 68.9 Å². The van der Waals surface area contributed by atoms with Gasteiger partial charge in [0.15, 0.2) is 0 Å². The summed E-state index contributed by atoms with van der Waals surface area (Å²) < 4.78 is 1.25. The van der Waals surface area contributed by atoms with Crippen molar-refractivity contribution in [2.24, 2.45) is 11.3 Å². The van der Waals surface area contributed by atoms with E-state index in [0.29, 0.717) is 11.5 Å². The van der Waals surface area contributed by atoms with Gasteiger partial charge < -0.3 is 5.32 Å². The molecule has 0 fully saturated rings. The van der Waals surface area contributed by atoms with E-state index in [-0.39, 0.29) is 0 Å². The molecule has 0 aliphatic carbocycles. The van der Waals surface area contributed by atoms with Crippen molar-refractivity contribution in [1.29, 1.82) is 0 Å². The van der Waals surface area contributed by atoms with Crippen LogP contribution < -0.4 is 5.32 Å². The summed E-state index contributed by atoms with van der Waals surface area (Å²) in [5.41, 5.74) is 1.90. The van der Waals surface area contributed by atoms with E-state index in [1.165, 1.54) is 33.5 Å². The number of hydrogen-bond acceptors (Lipinski definition) is 2. The molecule has 0 radical (unpaired) electrons. The molecule has 20 heavy (non-hydrogen) atoms. The molecule has 2 atom stereocenters. The van der Waals surface area contributed by atoms with E-state index in [0.717, 1.165) is 12.5 Å². The Morgan fingerprint density at radius 3 is 2.45 bits per heavy atom. The lowest BCUT2D eigenvalue weighted by atomic mass is 9.82. The van der Waals surface area contributed by atoms with E-state index >= 15 is 0 Å². The number of thiophene rings is 1. The molecule has 0 amide bonds. The van der Waals surface area contributed by atoms with Crippen LogP contribution in [0.15, 0.2) is 9.85 Å². The van der Waals surface area contributed by atoms with Gasteiger partial charge in [-0.05, 0) is 71.6 Å². The Kier molecular flexibility index (Phi) is 7.23. The van der Waals surface area contributed by atoms with E-state index in [1.54, 1.807) is 0 Å². The van der Waals surface area contributed by atoms with Gasteiger partial charge in [-0.2, -0.15) is 0 Å². The van der Waals surface area contributed by atoms with Crippen molar-refractivity contribution in [3.05, 3.63) is 20.3 Å². The predicted molar refractivity (Wildman–Crippen MR) is 95.6 cm³/mol. The zero-order valence-electron chi connectivity index (χ0n) is 13.8. The molecule has 0 aliphatic rings. The Balaban J connectivity index is 2.77. The SMILES string of the molecule is CCCNC(CC(C)CC(C)(C)C)c1cc(Br)sc1C. The molecule has 1 aromatic rings. The molecule has 0 aromatic carbocycles. The van der Waals surface area contributed by atoms with Gasteiger partial charge in [0.2, 0.25) is 0 Å². The standard InChI is InChI=1S/C17H30BrNS/c1-7-8-19-15(9-12(2)11-17(4,5)6)14-10-16(18)20-13(14)3/h10,12,15,19H,7-9,11H2,1-6H3. The number of aryl methyl sites for hydroxylation is 1. The lowest BCUT2D eigenvalue weighted by molar-refractivity contribution is 0.275. The highest BCUT2D eigenvalue weighted by Crippen LogP contribution is 2.35. The first-order valence-corrected chi connectivity index (χ1v) is 9.33.